The van der Waals surface area contributed by atoms with Crippen LogP contribution in [0.3, 0.4) is 0 Å². The van der Waals surface area contributed by atoms with Crippen LogP contribution in [0.1, 0.15) is 53.7 Å². The van der Waals surface area contributed by atoms with E-state index >= 15 is 0 Å². The molecule has 6 nitrogen and oxygen atoms in total. The fourth-order valence-electron chi connectivity index (χ4n) is 4.93. The van der Waals surface area contributed by atoms with Gasteiger partial charge in [-0.3, -0.25) is 9.59 Å². The van der Waals surface area contributed by atoms with Gasteiger partial charge >= 0.3 is 6.09 Å². The van der Waals surface area contributed by atoms with E-state index < -0.39 is 23.4 Å². The molecule has 1 heterocycles. The van der Waals surface area contributed by atoms with Crippen LogP contribution in [-0.4, -0.2) is 47.5 Å². The summed E-state index contributed by atoms with van der Waals surface area (Å²) < 4.78 is 25.8. The zero-order chi connectivity index (χ0) is 30.1. The van der Waals surface area contributed by atoms with Crippen molar-refractivity contribution in [3.63, 3.8) is 0 Å². The monoisotopic (exact) mass is 597 g/mol. The number of hydrogen-bond donors (Lipinski definition) is 0. The van der Waals surface area contributed by atoms with Crippen LogP contribution in [0.2, 0.25) is 5.02 Å². The fourth-order valence-corrected chi connectivity index (χ4v) is 5.50. The first-order valence-electron chi connectivity index (χ1n) is 13.2. The molecule has 0 aliphatic carbocycles. The summed E-state index contributed by atoms with van der Waals surface area (Å²) in [7, 11) is 0. The molecule has 0 radical (unpaired) electrons. The molecule has 1 aliphatic rings. The highest BCUT2D eigenvalue weighted by Crippen LogP contribution is 2.39. The van der Waals surface area contributed by atoms with Gasteiger partial charge in [-0.1, -0.05) is 35.9 Å². The number of carbonyl (C=O) groups excluding carboxylic acids is 3. The van der Waals surface area contributed by atoms with Gasteiger partial charge in [-0.15, -0.1) is 11.8 Å². The molecule has 1 amide bonds. The number of hydrogen-bond acceptors (Lipinski definition) is 6. The van der Waals surface area contributed by atoms with Gasteiger partial charge in [0.15, 0.2) is 28.7 Å². The first kappa shape index (κ1) is 30.6. The zero-order valence-electron chi connectivity index (χ0n) is 23.9. The van der Waals surface area contributed by atoms with Crippen molar-refractivity contribution in [3.8, 4) is 11.5 Å². The van der Waals surface area contributed by atoms with Gasteiger partial charge < -0.3 is 14.4 Å². The molecule has 2 atom stereocenters. The van der Waals surface area contributed by atoms with Crippen LogP contribution in [-0.2, 0) is 4.79 Å². The molecule has 3 aromatic carbocycles. The summed E-state index contributed by atoms with van der Waals surface area (Å²) in [4.78, 5) is 41.5. The molecule has 0 bridgehead atoms. The van der Waals surface area contributed by atoms with E-state index in [1.807, 2.05) is 44.4 Å². The number of rotatable bonds is 8. The highest BCUT2D eigenvalue weighted by molar-refractivity contribution is 7.98. The number of Topliss-reactive ketones (excluding diaryl/α,β-unsaturated/α-hetero) is 2. The minimum Gasteiger partial charge on any atom is -0.480 e. The van der Waals surface area contributed by atoms with Crippen molar-refractivity contribution in [2.45, 2.75) is 51.0 Å². The Labute approximate surface area is 249 Å². The van der Waals surface area contributed by atoms with Gasteiger partial charge in [0.1, 0.15) is 5.75 Å². The van der Waals surface area contributed by atoms with E-state index in [2.05, 4.69) is 0 Å². The number of thioether (sulfide) groups is 1. The summed E-state index contributed by atoms with van der Waals surface area (Å²) in [6.07, 6.45) is 1.22. The maximum Gasteiger partial charge on any atom is 0.415 e. The molecular formula is C32H33ClFNO5S. The first-order chi connectivity index (χ1) is 19.3. The number of halogens is 2. The highest BCUT2D eigenvalue weighted by atomic mass is 35.5. The molecule has 1 aliphatic heterocycles. The largest absolute Gasteiger partial charge is 0.480 e. The topological polar surface area (TPSA) is 72.9 Å². The summed E-state index contributed by atoms with van der Waals surface area (Å²) in [5, 5.41) is 0.187. The number of aryl methyl sites for hydroxylation is 2. The van der Waals surface area contributed by atoms with Gasteiger partial charge in [-0.25, -0.2) is 9.18 Å². The minimum absolute atomic E-state index is 0.0935. The average Bonchev–Trinajstić information content (AvgIpc) is 3.37. The Kier molecular flexibility index (Phi) is 9.14. The molecule has 2 unspecified atom stereocenters. The summed E-state index contributed by atoms with van der Waals surface area (Å²) in [6.45, 7) is 9.03. The van der Waals surface area contributed by atoms with E-state index in [-0.39, 0.29) is 41.3 Å². The van der Waals surface area contributed by atoms with Gasteiger partial charge in [0.2, 0.25) is 0 Å². The SMILES string of the molecule is CSc1ccc(C(=O)C2CN(C(=O)Oc3ccc(Cl)cc3F)CC2c2cc(C)c(OC(C)(C)C(C)=O)c(C)c2)cc1. The van der Waals surface area contributed by atoms with Gasteiger partial charge in [0.05, 0.1) is 0 Å². The third-order valence-electron chi connectivity index (χ3n) is 7.50. The molecular weight excluding hydrogens is 565 g/mol. The van der Waals surface area contributed by atoms with Crippen molar-refractivity contribution in [2.75, 3.05) is 19.3 Å². The molecule has 0 aromatic heterocycles. The van der Waals surface area contributed by atoms with Crippen LogP contribution >= 0.6 is 23.4 Å². The summed E-state index contributed by atoms with van der Waals surface area (Å²) >= 11 is 7.41. The molecule has 4 rings (SSSR count). The van der Waals surface area contributed by atoms with Crippen LogP contribution in [0.25, 0.3) is 0 Å². The molecule has 216 valence electrons. The Morgan fingerprint density at radius 2 is 1.63 bits per heavy atom. The predicted octanol–water partition coefficient (Wildman–Crippen LogP) is 7.66. The normalized spacial score (nSPS) is 16.9. The molecule has 3 aromatic rings. The van der Waals surface area contributed by atoms with Crippen molar-refractivity contribution in [1.29, 1.82) is 0 Å². The number of ketones is 2. The standard InChI is InChI=1S/C32H33ClFNO5S/c1-18-13-22(14-19(2)30(18)40-32(4,5)20(3)36)25-16-35(31(38)39-28-12-9-23(33)15-27(28)34)17-26(25)29(37)21-7-10-24(41-6)11-8-21/h7-15,25-26H,16-17H2,1-6H3. The van der Waals surface area contributed by atoms with Crippen LogP contribution in [0.5, 0.6) is 11.5 Å². The van der Waals surface area contributed by atoms with E-state index in [9.17, 15) is 18.8 Å². The van der Waals surface area contributed by atoms with Gasteiger partial charge in [-0.05, 0) is 87.9 Å². The second-order valence-corrected chi connectivity index (χ2v) is 12.1. The van der Waals surface area contributed by atoms with Gasteiger partial charge in [0.25, 0.3) is 0 Å². The second-order valence-electron chi connectivity index (χ2n) is 10.8. The van der Waals surface area contributed by atoms with Crippen LogP contribution in [0, 0.1) is 25.6 Å². The Morgan fingerprint density at radius 1 is 1.00 bits per heavy atom. The van der Waals surface area contributed by atoms with Gasteiger partial charge in [0, 0.05) is 40.4 Å². The molecule has 9 heteroatoms. The second kappa shape index (κ2) is 12.2. The number of ether oxygens (including phenoxy) is 2. The first-order valence-corrected chi connectivity index (χ1v) is 14.8. The van der Waals surface area contributed by atoms with Crippen molar-refractivity contribution in [2.24, 2.45) is 5.92 Å². The minimum atomic E-state index is -0.997. The molecule has 0 spiro atoms. The number of likely N-dealkylation sites (tertiary alicyclic amines) is 1. The third-order valence-corrected chi connectivity index (χ3v) is 8.48. The van der Waals surface area contributed by atoms with Crippen molar-refractivity contribution >= 4 is 41.0 Å². The summed E-state index contributed by atoms with van der Waals surface area (Å²) in [5.74, 6) is -1.48. The quantitative estimate of drug-likeness (QED) is 0.196. The van der Waals surface area contributed by atoms with Crippen molar-refractivity contribution in [1.82, 2.24) is 4.90 Å². The molecule has 1 fully saturated rings. The predicted molar refractivity (Wildman–Crippen MR) is 159 cm³/mol. The lowest BCUT2D eigenvalue weighted by Gasteiger charge is -2.27. The number of amides is 1. The third kappa shape index (κ3) is 6.76. The Hall–Kier alpha value is -3.36. The Balaban J connectivity index is 1.67. The number of benzene rings is 3. The molecule has 0 N–H and O–H groups in total. The smallest absolute Gasteiger partial charge is 0.415 e. The summed E-state index contributed by atoms with van der Waals surface area (Å²) in [6, 6.07) is 15.1. The number of carbonyl (C=O) groups is 3. The van der Waals surface area contributed by atoms with Crippen molar-refractivity contribution in [3.05, 3.63) is 87.7 Å². The lowest BCUT2D eigenvalue weighted by atomic mass is 9.82. The van der Waals surface area contributed by atoms with Crippen LogP contribution < -0.4 is 9.47 Å². The number of nitrogens with zero attached hydrogens (tertiary/aromatic N) is 1. The van der Waals surface area contributed by atoms with Crippen molar-refractivity contribution < 1.29 is 28.2 Å². The maximum atomic E-state index is 14.4. The fraction of sp³-hybridized carbons (Fsp3) is 0.344. The average molecular weight is 598 g/mol. The Morgan fingerprint density at radius 3 is 2.20 bits per heavy atom. The van der Waals surface area contributed by atoms with E-state index in [1.54, 1.807) is 37.7 Å². The highest BCUT2D eigenvalue weighted by Gasteiger charge is 2.42. The van der Waals surface area contributed by atoms with E-state index in [1.165, 1.54) is 24.0 Å². The van der Waals surface area contributed by atoms with E-state index in [0.717, 1.165) is 27.7 Å². The maximum absolute atomic E-state index is 14.4. The van der Waals surface area contributed by atoms with E-state index in [0.29, 0.717) is 11.3 Å². The zero-order valence-corrected chi connectivity index (χ0v) is 25.5. The lowest BCUT2D eigenvalue weighted by Crippen LogP contribution is -2.36. The van der Waals surface area contributed by atoms with Crippen LogP contribution in [0.15, 0.2) is 59.5 Å². The Bertz CT molecular complexity index is 1470. The molecule has 41 heavy (non-hydrogen) atoms. The van der Waals surface area contributed by atoms with E-state index in [4.69, 9.17) is 21.1 Å². The lowest BCUT2D eigenvalue weighted by molar-refractivity contribution is -0.129. The molecule has 0 saturated carbocycles. The summed E-state index contributed by atoms with van der Waals surface area (Å²) in [5.41, 5.74) is 2.04. The van der Waals surface area contributed by atoms with Crippen LogP contribution in [0.4, 0.5) is 9.18 Å². The molecule has 1 saturated heterocycles. The van der Waals surface area contributed by atoms with Gasteiger partial charge in [-0.2, -0.15) is 0 Å².